The van der Waals surface area contributed by atoms with Gasteiger partial charge in [-0.05, 0) is 61.0 Å². The molecule has 0 aromatic heterocycles. The number of benzene rings is 3. The first-order valence-corrected chi connectivity index (χ1v) is 12.1. The number of amides is 2. The molecule has 0 saturated heterocycles. The SMILES string of the molecule is COc1ccc(S(=O)(=O)N(CC(=O)Nc2cccc(C(N)=O)c2C)c2ccc(Cl)cc2)cc1OC. The average Bonchev–Trinajstić information content (AvgIpc) is 2.83. The molecular formula is C24H24ClN3O6S. The van der Waals surface area contributed by atoms with Crippen LogP contribution >= 0.6 is 11.6 Å². The normalized spacial score (nSPS) is 11.0. The number of hydrogen-bond acceptors (Lipinski definition) is 6. The van der Waals surface area contributed by atoms with Crippen LogP contribution in [-0.2, 0) is 14.8 Å². The molecule has 0 fully saturated rings. The predicted molar refractivity (Wildman–Crippen MR) is 134 cm³/mol. The molecule has 184 valence electrons. The van der Waals surface area contributed by atoms with Crippen molar-refractivity contribution in [2.75, 3.05) is 30.4 Å². The third-order valence-electron chi connectivity index (χ3n) is 5.22. The molecule has 0 spiro atoms. The maximum absolute atomic E-state index is 13.6. The van der Waals surface area contributed by atoms with E-state index in [9.17, 15) is 18.0 Å². The van der Waals surface area contributed by atoms with E-state index in [1.165, 1.54) is 62.8 Å². The molecule has 2 amide bonds. The van der Waals surface area contributed by atoms with Crippen LogP contribution in [0.2, 0.25) is 5.02 Å². The molecule has 3 aromatic carbocycles. The highest BCUT2D eigenvalue weighted by molar-refractivity contribution is 7.92. The molecule has 35 heavy (non-hydrogen) atoms. The lowest BCUT2D eigenvalue weighted by atomic mass is 10.1. The summed E-state index contributed by atoms with van der Waals surface area (Å²) in [6, 6.07) is 14.9. The van der Waals surface area contributed by atoms with Crippen LogP contribution in [0.5, 0.6) is 11.5 Å². The average molecular weight is 518 g/mol. The van der Waals surface area contributed by atoms with Crippen molar-refractivity contribution < 1.29 is 27.5 Å². The molecule has 0 atom stereocenters. The summed E-state index contributed by atoms with van der Waals surface area (Å²) in [5.41, 5.74) is 6.66. The minimum Gasteiger partial charge on any atom is -0.493 e. The predicted octanol–water partition coefficient (Wildman–Crippen LogP) is 3.60. The Morgan fingerprint density at radius 1 is 1.00 bits per heavy atom. The van der Waals surface area contributed by atoms with Crippen molar-refractivity contribution in [1.29, 1.82) is 0 Å². The molecule has 0 unspecified atom stereocenters. The maximum atomic E-state index is 13.6. The van der Waals surface area contributed by atoms with E-state index in [1.807, 2.05) is 0 Å². The standard InChI is InChI=1S/C24H24ClN3O6S/c1-15-19(24(26)30)5-4-6-20(15)27-23(29)14-28(17-9-7-16(25)8-10-17)35(31,32)18-11-12-21(33-2)22(13-18)34-3/h4-13H,14H2,1-3H3,(H2,26,30)(H,27,29). The van der Waals surface area contributed by atoms with Gasteiger partial charge in [0.25, 0.3) is 10.0 Å². The first-order valence-electron chi connectivity index (χ1n) is 10.3. The number of methoxy groups -OCH3 is 2. The summed E-state index contributed by atoms with van der Waals surface area (Å²) in [5, 5.41) is 3.06. The molecule has 0 bridgehead atoms. The Bertz CT molecular complexity index is 1360. The Balaban J connectivity index is 2.00. The van der Waals surface area contributed by atoms with E-state index < -0.39 is 28.4 Å². The van der Waals surface area contributed by atoms with E-state index in [4.69, 9.17) is 26.8 Å². The number of nitrogens with zero attached hydrogens (tertiary/aromatic N) is 1. The Hall–Kier alpha value is -3.76. The van der Waals surface area contributed by atoms with E-state index in [0.29, 0.717) is 22.0 Å². The van der Waals surface area contributed by atoms with Crippen molar-refractivity contribution in [2.24, 2.45) is 5.73 Å². The van der Waals surface area contributed by atoms with Gasteiger partial charge in [0.1, 0.15) is 6.54 Å². The lowest BCUT2D eigenvalue weighted by Crippen LogP contribution is -2.38. The van der Waals surface area contributed by atoms with Crippen molar-refractivity contribution in [3.63, 3.8) is 0 Å². The van der Waals surface area contributed by atoms with Gasteiger partial charge in [0, 0.05) is 22.3 Å². The van der Waals surface area contributed by atoms with Crippen LogP contribution in [0.15, 0.2) is 65.6 Å². The fraction of sp³-hybridized carbons (Fsp3) is 0.167. The highest BCUT2D eigenvalue weighted by atomic mass is 35.5. The number of rotatable bonds is 9. The van der Waals surface area contributed by atoms with E-state index in [1.54, 1.807) is 19.1 Å². The van der Waals surface area contributed by atoms with Gasteiger partial charge < -0.3 is 20.5 Å². The van der Waals surface area contributed by atoms with Gasteiger partial charge in [-0.2, -0.15) is 0 Å². The fourth-order valence-corrected chi connectivity index (χ4v) is 4.95. The Labute approximate surface area is 208 Å². The summed E-state index contributed by atoms with van der Waals surface area (Å²) < 4.78 is 38.7. The molecule has 3 aromatic rings. The minimum absolute atomic E-state index is 0.107. The molecule has 0 radical (unpaired) electrons. The molecule has 9 nitrogen and oxygen atoms in total. The van der Waals surface area contributed by atoms with Crippen LogP contribution in [0.1, 0.15) is 15.9 Å². The topological polar surface area (TPSA) is 128 Å². The van der Waals surface area contributed by atoms with Crippen molar-refractivity contribution in [1.82, 2.24) is 0 Å². The monoisotopic (exact) mass is 517 g/mol. The number of anilines is 2. The van der Waals surface area contributed by atoms with Crippen molar-refractivity contribution in [3.8, 4) is 11.5 Å². The summed E-state index contributed by atoms with van der Waals surface area (Å²) in [6.07, 6.45) is 0. The first-order chi connectivity index (χ1) is 16.6. The number of hydrogen-bond donors (Lipinski definition) is 2. The van der Waals surface area contributed by atoms with Crippen molar-refractivity contribution in [2.45, 2.75) is 11.8 Å². The fourth-order valence-electron chi connectivity index (χ4n) is 3.38. The largest absolute Gasteiger partial charge is 0.493 e. The molecule has 0 saturated carbocycles. The first kappa shape index (κ1) is 25.9. The second kappa shape index (κ2) is 10.7. The van der Waals surface area contributed by atoms with Crippen molar-refractivity contribution >= 4 is 44.8 Å². The van der Waals surface area contributed by atoms with Gasteiger partial charge in [-0.1, -0.05) is 17.7 Å². The van der Waals surface area contributed by atoms with Crippen LogP contribution in [0, 0.1) is 6.92 Å². The van der Waals surface area contributed by atoms with Gasteiger partial charge in [0.15, 0.2) is 11.5 Å². The van der Waals surface area contributed by atoms with Crippen LogP contribution in [-0.4, -0.2) is 41.0 Å². The molecule has 3 rings (SSSR count). The molecule has 3 N–H and O–H groups in total. The third-order valence-corrected chi connectivity index (χ3v) is 7.24. The molecule has 11 heteroatoms. The van der Waals surface area contributed by atoms with E-state index in [2.05, 4.69) is 5.32 Å². The van der Waals surface area contributed by atoms with E-state index in [0.717, 1.165) is 4.31 Å². The zero-order valence-electron chi connectivity index (χ0n) is 19.2. The number of sulfonamides is 1. The zero-order valence-corrected chi connectivity index (χ0v) is 20.8. The Kier molecular flexibility index (Phi) is 7.88. The summed E-state index contributed by atoms with van der Waals surface area (Å²) in [6.45, 7) is 1.07. The van der Waals surface area contributed by atoms with Gasteiger partial charge >= 0.3 is 0 Å². The maximum Gasteiger partial charge on any atom is 0.264 e. The van der Waals surface area contributed by atoms with Gasteiger partial charge in [0.05, 0.1) is 24.8 Å². The molecule has 0 heterocycles. The summed E-state index contributed by atoms with van der Waals surface area (Å²) in [4.78, 5) is 24.5. The van der Waals surface area contributed by atoms with Crippen LogP contribution in [0.4, 0.5) is 11.4 Å². The second-order valence-electron chi connectivity index (χ2n) is 7.40. The van der Waals surface area contributed by atoms with E-state index >= 15 is 0 Å². The lowest BCUT2D eigenvalue weighted by Gasteiger charge is -2.25. The zero-order chi connectivity index (χ0) is 25.8. The number of primary amides is 1. The summed E-state index contributed by atoms with van der Waals surface area (Å²) >= 11 is 5.98. The number of nitrogens with two attached hydrogens (primary N) is 1. The van der Waals surface area contributed by atoms with Gasteiger partial charge in [-0.25, -0.2) is 8.42 Å². The Morgan fingerprint density at radius 2 is 1.66 bits per heavy atom. The minimum atomic E-state index is -4.22. The number of halogens is 1. The van der Waals surface area contributed by atoms with Gasteiger partial charge in [0.2, 0.25) is 11.8 Å². The number of nitrogens with one attached hydrogen (secondary N) is 1. The quantitative estimate of drug-likeness (QED) is 0.446. The number of carbonyl (C=O) groups is 2. The lowest BCUT2D eigenvalue weighted by molar-refractivity contribution is -0.114. The highest BCUT2D eigenvalue weighted by Crippen LogP contribution is 2.32. The second-order valence-corrected chi connectivity index (χ2v) is 9.69. The number of ether oxygens (including phenoxy) is 2. The van der Waals surface area contributed by atoms with Crippen LogP contribution < -0.4 is 24.8 Å². The molecule has 0 aliphatic heterocycles. The Morgan fingerprint density at radius 3 is 2.26 bits per heavy atom. The summed E-state index contributed by atoms with van der Waals surface area (Å²) in [5.74, 6) is -0.703. The highest BCUT2D eigenvalue weighted by Gasteiger charge is 2.28. The smallest absolute Gasteiger partial charge is 0.264 e. The van der Waals surface area contributed by atoms with Gasteiger partial charge in [-0.15, -0.1) is 0 Å². The van der Waals surface area contributed by atoms with E-state index in [-0.39, 0.29) is 21.9 Å². The van der Waals surface area contributed by atoms with Crippen LogP contribution in [0.25, 0.3) is 0 Å². The summed E-state index contributed by atoms with van der Waals surface area (Å²) in [7, 11) is -1.40. The number of carbonyl (C=O) groups excluding carboxylic acids is 2. The van der Waals surface area contributed by atoms with Crippen molar-refractivity contribution in [3.05, 3.63) is 76.8 Å². The van der Waals surface area contributed by atoms with Gasteiger partial charge in [-0.3, -0.25) is 13.9 Å². The molecule has 0 aliphatic rings. The molecular weight excluding hydrogens is 494 g/mol. The third kappa shape index (κ3) is 5.67. The van der Waals surface area contributed by atoms with Crippen LogP contribution in [0.3, 0.4) is 0 Å². The molecule has 0 aliphatic carbocycles.